The smallest absolute Gasteiger partial charge is 0.338 e. The number of Topliss-reactive ketones (excluding diaryl/α,β-unsaturated/α-hetero) is 1. The highest BCUT2D eigenvalue weighted by molar-refractivity contribution is 6.36. The molecule has 2 aliphatic heterocycles. The molecule has 246 valence electrons. The predicted octanol–water partition coefficient (Wildman–Crippen LogP) is 5.45. The number of amides is 4. The van der Waals surface area contributed by atoms with E-state index in [4.69, 9.17) is 14.2 Å². The van der Waals surface area contributed by atoms with Gasteiger partial charge in [-0.15, -0.1) is 13.2 Å². The minimum atomic E-state index is -0.692. The molecule has 0 radical (unpaired) electrons. The summed E-state index contributed by atoms with van der Waals surface area (Å²) in [5.74, 6) is -3.50. The van der Waals surface area contributed by atoms with Crippen molar-refractivity contribution in [1.29, 1.82) is 0 Å². The normalized spacial score (nSPS) is 13.9. The van der Waals surface area contributed by atoms with Crippen LogP contribution in [-0.4, -0.2) is 68.4 Å². The van der Waals surface area contributed by atoms with Crippen LogP contribution >= 0.6 is 0 Å². The van der Waals surface area contributed by atoms with Gasteiger partial charge in [-0.3, -0.25) is 24.0 Å². The van der Waals surface area contributed by atoms with Crippen LogP contribution in [0.1, 0.15) is 82.4 Å². The Bertz CT molecular complexity index is 1850. The zero-order chi connectivity index (χ0) is 34.6. The summed E-state index contributed by atoms with van der Waals surface area (Å²) in [4.78, 5) is 80.4. The maximum Gasteiger partial charge on any atom is 0.338 e. The Morgan fingerprint density at radius 3 is 1.65 bits per heavy atom. The van der Waals surface area contributed by atoms with Gasteiger partial charge in [-0.1, -0.05) is 31.2 Å². The van der Waals surface area contributed by atoms with Crippen molar-refractivity contribution in [2.45, 2.75) is 20.3 Å². The van der Waals surface area contributed by atoms with E-state index in [9.17, 15) is 28.8 Å². The molecule has 0 spiro atoms. The number of anilines is 2. The maximum atomic E-state index is 13.6. The molecule has 0 fully saturated rings. The van der Waals surface area contributed by atoms with Crippen LogP contribution in [0.5, 0.6) is 0 Å². The molecule has 11 nitrogen and oxygen atoms in total. The molecule has 0 saturated carbocycles. The molecule has 48 heavy (non-hydrogen) atoms. The highest BCUT2D eigenvalue weighted by Crippen LogP contribution is 2.35. The van der Waals surface area contributed by atoms with Crippen LogP contribution in [0.2, 0.25) is 0 Å². The zero-order valence-corrected chi connectivity index (χ0v) is 26.7. The summed E-state index contributed by atoms with van der Waals surface area (Å²) >= 11 is 0. The number of carbonyl (C=O) groups is 6. The Morgan fingerprint density at radius 2 is 1.17 bits per heavy atom. The number of benzene rings is 3. The van der Waals surface area contributed by atoms with Crippen LogP contribution in [0.15, 0.2) is 86.0 Å². The van der Waals surface area contributed by atoms with Crippen molar-refractivity contribution in [3.05, 3.63) is 119 Å². The topological polar surface area (TPSA) is 137 Å². The van der Waals surface area contributed by atoms with E-state index in [-0.39, 0.29) is 64.8 Å². The summed E-state index contributed by atoms with van der Waals surface area (Å²) in [5.41, 5.74) is 0.295. The lowest BCUT2D eigenvalue weighted by atomic mass is 9.88. The van der Waals surface area contributed by atoms with E-state index in [0.717, 1.165) is 9.80 Å². The average Bonchev–Trinajstić information content (AvgIpc) is 3.49. The molecule has 0 unspecified atom stereocenters. The molecule has 3 aromatic rings. The molecule has 0 bridgehead atoms. The van der Waals surface area contributed by atoms with Crippen molar-refractivity contribution in [2.24, 2.45) is 5.41 Å². The Morgan fingerprint density at radius 1 is 0.688 bits per heavy atom. The van der Waals surface area contributed by atoms with Crippen molar-refractivity contribution >= 4 is 46.8 Å². The van der Waals surface area contributed by atoms with Gasteiger partial charge in [0.15, 0.2) is 5.78 Å². The van der Waals surface area contributed by atoms with Crippen molar-refractivity contribution in [1.82, 2.24) is 0 Å². The fraction of sp³-hybridized carbons (Fsp3) is 0.243. The van der Waals surface area contributed by atoms with Crippen LogP contribution in [0, 0.1) is 5.41 Å². The monoisotopic (exact) mass is 650 g/mol. The molecular formula is C37H34N2O9. The lowest BCUT2D eigenvalue weighted by molar-refractivity contribution is -0.0511. The summed E-state index contributed by atoms with van der Waals surface area (Å²) in [5, 5.41) is 0. The number of hydrogen-bond acceptors (Lipinski definition) is 9. The van der Waals surface area contributed by atoms with E-state index in [1.165, 1.54) is 67.6 Å². The highest BCUT2D eigenvalue weighted by Gasteiger charge is 2.40. The molecule has 0 atom stereocenters. The SMILES string of the molecule is C=CCOCC(CC)(COCC=C)COC(=O)c1ccc2c(c1)C(=O)N(c1cccc(N3C(=O)c4ccc(C(C)=O)cc4C3=O)c1)C2=O. The van der Waals surface area contributed by atoms with Crippen LogP contribution in [0.3, 0.4) is 0 Å². The largest absolute Gasteiger partial charge is 0.461 e. The van der Waals surface area contributed by atoms with E-state index in [2.05, 4.69) is 13.2 Å². The number of nitrogens with zero attached hydrogens (tertiary/aromatic N) is 2. The predicted molar refractivity (Wildman–Crippen MR) is 177 cm³/mol. The number of ether oxygens (including phenoxy) is 3. The summed E-state index contributed by atoms with van der Waals surface area (Å²) in [6.07, 6.45) is 3.83. The molecule has 2 heterocycles. The van der Waals surface area contributed by atoms with E-state index >= 15 is 0 Å². The van der Waals surface area contributed by atoms with Crippen molar-refractivity contribution in [3.8, 4) is 0 Å². The molecule has 2 aliphatic rings. The quantitative estimate of drug-likeness (QED) is 0.0692. The van der Waals surface area contributed by atoms with Gasteiger partial charge in [-0.05, 0) is 61.9 Å². The van der Waals surface area contributed by atoms with Gasteiger partial charge >= 0.3 is 5.97 Å². The summed E-state index contributed by atoms with van der Waals surface area (Å²) in [6, 6.07) is 14.3. The van der Waals surface area contributed by atoms with Gasteiger partial charge in [0, 0.05) is 5.56 Å². The van der Waals surface area contributed by atoms with Crippen LogP contribution < -0.4 is 9.80 Å². The molecule has 0 aromatic heterocycles. The summed E-state index contributed by atoms with van der Waals surface area (Å²) in [7, 11) is 0. The lowest BCUT2D eigenvalue weighted by Crippen LogP contribution is -2.37. The molecular weight excluding hydrogens is 616 g/mol. The van der Waals surface area contributed by atoms with E-state index < -0.39 is 35.0 Å². The summed E-state index contributed by atoms with van der Waals surface area (Å²) < 4.78 is 17.0. The number of carbonyl (C=O) groups excluding carboxylic acids is 6. The van der Waals surface area contributed by atoms with Gasteiger partial charge in [0.2, 0.25) is 0 Å². The molecule has 0 N–H and O–H groups in total. The second-order valence-corrected chi connectivity index (χ2v) is 11.5. The first-order valence-electron chi connectivity index (χ1n) is 15.3. The number of fused-ring (bicyclic) bond motifs is 2. The second-order valence-electron chi connectivity index (χ2n) is 11.5. The van der Waals surface area contributed by atoms with Crippen LogP contribution in [-0.2, 0) is 14.2 Å². The number of hydrogen-bond donors (Lipinski definition) is 0. The lowest BCUT2D eigenvalue weighted by Gasteiger charge is -2.31. The minimum absolute atomic E-state index is 0.00253. The first-order chi connectivity index (χ1) is 23.1. The number of imide groups is 2. The standard InChI is InChI=1S/C37H34N2O9/c1-5-15-46-20-37(7-3,21-47-16-6-2)22-48-36(45)25-12-14-29-31(18-25)35(44)39(33(29)42)27-10-8-9-26(19-27)38-32(41)28-13-11-24(23(4)40)17-30(28)34(38)43/h5-6,8-14,17-19H,1-2,7,15-16,20-22H2,3-4H3. The Hall–Kier alpha value is -5.52. The fourth-order valence-corrected chi connectivity index (χ4v) is 5.52. The van der Waals surface area contributed by atoms with Gasteiger partial charge < -0.3 is 14.2 Å². The first kappa shape index (κ1) is 33.8. The van der Waals surface area contributed by atoms with Gasteiger partial charge in [-0.25, -0.2) is 14.6 Å². The zero-order valence-electron chi connectivity index (χ0n) is 26.7. The average molecular weight is 651 g/mol. The van der Waals surface area contributed by atoms with Crippen LogP contribution in [0.25, 0.3) is 0 Å². The minimum Gasteiger partial charge on any atom is -0.461 e. The first-order valence-corrected chi connectivity index (χ1v) is 15.3. The molecule has 11 heteroatoms. The van der Waals surface area contributed by atoms with Gasteiger partial charge in [0.1, 0.15) is 6.61 Å². The van der Waals surface area contributed by atoms with Gasteiger partial charge in [0.25, 0.3) is 23.6 Å². The summed E-state index contributed by atoms with van der Waals surface area (Å²) in [6.45, 7) is 11.7. The van der Waals surface area contributed by atoms with Crippen molar-refractivity contribution in [3.63, 3.8) is 0 Å². The van der Waals surface area contributed by atoms with E-state index in [1.54, 1.807) is 12.2 Å². The number of rotatable bonds is 15. The second kappa shape index (κ2) is 14.1. The molecule has 5 rings (SSSR count). The third kappa shape index (κ3) is 6.38. The fourth-order valence-electron chi connectivity index (χ4n) is 5.52. The van der Waals surface area contributed by atoms with E-state index in [1.807, 2.05) is 6.92 Å². The van der Waals surface area contributed by atoms with Crippen molar-refractivity contribution < 1.29 is 43.0 Å². The van der Waals surface area contributed by atoms with Gasteiger partial charge in [-0.2, -0.15) is 0 Å². The van der Waals surface area contributed by atoms with Crippen molar-refractivity contribution in [2.75, 3.05) is 42.8 Å². The highest BCUT2D eigenvalue weighted by atomic mass is 16.5. The molecule has 4 amide bonds. The maximum absolute atomic E-state index is 13.6. The number of esters is 1. The molecule has 0 saturated heterocycles. The molecule has 3 aromatic carbocycles. The van der Waals surface area contributed by atoms with Gasteiger partial charge in [0.05, 0.1) is 71.0 Å². The van der Waals surface area contributed by atoms with Crippen LogP contribution in [0.4, 0.5) is 11.4 Å². The third-order valence-corrected chi connectivity index (χ3v) is 8.31. The molecule has 0 aliphatic carbocycles. The van der Waals surface area contributed by atoms with E-state index in [0.29, 0.717) is 25.2 Å². The third-order valence-electron chi connectivity index (χ3n) is 8.31. The Balaban J connectivity index is 1.35. The Kier molecular flexibility index (Phi) is 9.92. The Labute approximate surface area is 277 Å². The number of ketones is 1.